The van der Waals surface area contributed by atoms with Gasteiger partial charge in [-0.15, -0.1) is 0 Å². The zero-order valence-electron chi connectivity index (χ0n) is 32.7. The number of hydrogen-bond acceptors (Lipinski definition) is 4. The van der Waals surface area contributed by atoms with Crippen molar-refractivity contribution < 1.29 is 4.79 Å². The lowest BCUT2D eigenvalue weighted by molar-refractivity contribution is 0.112. The fourth-order valence-electron chi connectivity index (χ4n) is 6.68. The number of allylic oxidation sites excluding steroid dienone is 2. The molecule has 0 spiro atoms. The Kier molecular flexibility index (Phi) is 27.4. The van der Waals surface area contributed by atoms with E-state index in [9.17, 15) is 4.79 Å². The highest BCUT2D eigenvalue weighted by atomic mass is 35.5. The van der Waals surface area contributed by atoms with Crippen molar-refractivity contribution >= 4 is 29.1 Å². The summed E-state index contributed by atoms with van der Waals surface area (Å²) in [5.41, 5.74) is 6.85. The molecule has 1 aliphatic heterocycles. The average molecular weight is 685 g/mol. The van der Waals surface area contributed by atoms with Crippen molar-refractivity contribution in [3.05, 3.63) is 71.8 Å². The van der Waals surface area contributed by atoms with Crippen LogP contribution in [0.2, 0.25) is 0 Å². The molecule has 0 aliphatic carbocycles. The number of aldehydes is 1. The zero-order valence-corrected chi connectivity index (χ0v) is 33.5. The molecular formula is C43H74ClN3O. The number of rotatable bonds is 22. The van der Waals surface area contributed by atoms with Gasteiger partial charge in [-0.3, -0.25) is 9.69 Å². The summed E-state index contributed by atoms with van der Waals surface area (Å²) in [6, 6.07) is 6.37. The molecule has 0 saturated carbocycles. The Morgan fingerprint density at radius 1 is 1.04 bits per heavy atom. The van der Waals surface area contributed by atoms with E-state index in [2.05, 4.69) is 92.8 Å². The molecule has 5 heteroatoms. The Balaban J connectivity index is 0.00000531. The van der Waals surface area contributed by atoms with Crippen LogP contribution in [0.5, 0.6) is 0 Å². The topological polar surface area (TPSA) is 26.8 Å². The van der Waals surface area contributed by atoms with Crippen LogP contribution in [-0.2, 0) is 0 Å². The van der Waals surface area contributed by atoms with Gasteiger partial charge in [-0.05, 0) is 101 Å². The van der Waals surface area contributed by atoms with Crippen molar-refractivity contribution in [2.45, 2.75) is 126 Å². The lowest BCUT2D eigenvalue weighted by Gasteiger charge is -2.35. The molecule has 1 saturated heterocycles. The van der Waals surface area contributed by atoms with Crippen LogP contribution < -0.4 is 4.90 Å². The number of piperidine rings is 1. The second-order valence-corrected chi connectivity index (χ2v) is 13.0. The summed E-state index contributed by atoms with van der Waals surface area (Å²) < 4.78 is 0. The standard InChI is InChI=1S/C39H62ClN3O.2C2H6/c1-8-12-17-32(5)29-43(39-28-36(31-44)20-21-38(39)34(7)37(15-9-2)16-10-3)27-26-42(33(6)22-23-40)25-14-19-35-18-13-24-41(11-4)30-35;2*1-2/h12,17,20-23,28,31,33,35,37H,5,7-11,13-16,18-19,24-27,29-30H2,1-4,6H3;2*1-2H3/b17-12-,23-22+;;. The molecule has 1 aliphatic rings. The van der Waals surface area contributed by atoms with Gasteiger partial charge in [-0.25, -0.2) is 0 Å². The number of halogens is 1. The number of nitrogens with zero attached hydrogens (tertiary/aromatic N) is 3. The maximum absolute atomic E-state index is 12.0. The van der Waals surface area contributed by atoms with Gasteiger partial charge in [0.15, 0.2) is 0 Å². The molecule has 2 rings (SSSR count). The van der Waals surface area contributed by atoms with Crippen LogP contribution in [0.3, 0.4) is 0 Å². The van der Waals surface area contributed by atoms with Crippen LogP contribution in [0.15, 0.2) is 60.7 Å². The molecular weight excluding hydrogens is 610 g/mol. The highest BCUT2D eigenvalue weighted by Gasteiger charge is 2.22. The second kappa shape index (κ2) is 28.7. The monoisotopic (exact) mass is 684 g/mol. The molecule has 1 aromatic rings. The van der Waals surface area contributed by atoms with E-state index in [1.165, 1.54) is 44.3 Å². The predicted octanol–water partition coefficient (Wildman–Crippen LogP) is 12.1. The highest BCUT2D eigenvalue weighted by molar-refractivity contribution is 6.25. The molecule has 0 aromatic heterocycles. The van der Waals surface area contributed by atoms with E-state index in [0.717, 1.165) is 87.3 Å². The quantitative estimate of drug-likeness (QED) is 0.0897. The average Bonchev–Trinajstić information content (AvgIpc) is 3.12. The largest absolute Gasteiger partial charge is 0.365 e. The summed E-state index contributed by atoms with van der Waals surface area (Å²) in [5, 5.41) is 0. The Hall–Kier alpha value is -2.14. The van der Waals surface area contributed by atoms with E-state index in [1.807, 2.05) is 33.8 Å². The van der Waals surface area contributed by atoms with E-state index in [-0.39, 0.29) is 6.04 Å². The van der Waals surface area contributed by atoms with Crippen molar-refractivity contribution in [3.63, 3.8) is 0 Å². The highest BCUT2D eigenvalue weighted by Crippen LogP contribution is 2.36. The van der Waals surface area contributed by atoms with Gasteiger partial charge in [0.1, 0.15) is 6.29 Å². The maximum atomic E-state index is 12.0. The Labute approximate surface area is 303 Å². The van der Waals surface area contributed by atoms with Crippen LogP contribution >= 0.6 is 11.6 Å². The van der Waals surface area contributed by atoms with Crippen LogP contribution in [0.4, 0.5) is 5.69 Å². The van der Waals surface area contributed by atoms with E-state index < -0.39 is 0 Å². The van der Waals surface area contributed by atoms with Crippen molar-refractivity contribution in [3.8, 4) is 0 Å². The number of anilines is 1. The van der Waals surface area contributed by atoms with Gasteiger partial charge in [0.25, 0.3) is 0 Å². The Morgan fingerprint density at radius 2 is 1.73 bits per heavy atom. The third kappa shape index (κ3) is 17.0. The molecule has 1 aromatic carbocycles. The number of carbonyl (C=O) groups is 1. The summed E-state index contributed by atoms with van der Waals surface area (Å²) in [5.74, 6) is 1.23. The third-order valence-electron chi connectivity index (χ3n) is 9.29. The van der Waals surface area contributed by atoms with Crippen molar-refractivity contribution in [1.29, 1.82) is 0 Å². The van der Waals surface area contributed by atoms with Crippen LogP contribution in [0.1, 0.15) is 136 Å². The van der Waals surface area contributed by atoms with Gasteiger partial charge in [-0.1, -0.05) is 123 Å². The first kappa shape index (κ1) is 45.9. The minimum Gasteiger partial charge on any atom is -0.365 e. The first-order valence-corrected chi connectivity index (χ1v) is 19.9. The Morgan fingerprint density at radius 3 is 2.31 bits per heavy atom. The van der Waals surface area contributed by atoms with Crippen LogP contribution in [0.25, 0.3) is 5.57 Å². The molecule has 2 unspecified atom stereocenters. The lowest BCUT2D eigenvalue weighted by Crippen LogP contribution is -2.41. The molecule has 4 nitrogen and oxygen atoms in total. The second-order valence-electron chi connectivity index (χ2n) is 12.7. The number of likely N-dealkylation sites (tertiary alicyclic amines) is 1. The molecule has 2 atom stereocenters. The van der Waals surface area contributed by atoms with Gasteiger partial charge in [-0.2, -0.15) is 0 Å². The summed E-state index contributed by atoms with van der Waals surface area (Å²) in [7, 11) is 0. The molecule has 0 N–H and O–H groups in total. The van der Waals surface area contributed by atoms with Gasteiger partial charge in [0.2, 0.25) is 0 Å². The van der Waals surface area contributed by atoms with E-state index in [4.69, 9.17) is 11.6 Å². The molecule has 0 bridgehead atoms. The van der Waals surface area contributed by atoms with Crippen molar-refractivity contribution in [2.24, 2.45) is 11.8 Å². The van der Waals surface area contributed by atoms with Crippen molar-refractivity contribution in [2.75, 3.05) is 50.7 Å². The Bertz CT molecular complexity index is 1060. The fourth-order valence-corrected chi connectivity index (χ4v) is 6.89. The molecule has 1 heterocycles. The van der Waals surface area contributed by atoms with Crippen LogP contribution in [0, 0.1) is 11.8 Å². The first-order chi connectivity index (χ1) is 23.3. The van der Waals surface area contributed by atoms with Gasteiger partial charge < -0.3 is 9.80 Å². The van der Waals surface area contributed by atoms with E-state index >= 15 is 0 Å². The smallest absolute Gasteiger partial charge is 0.150 e. The fraction of sp³-hybridized carbons (Fsp3) is 0.651. The maximum Gasteiger partial charge on any atom is 0.150 e. The minimum absolute atomic E-state index is 0.241. The molecule has 48 heavy (non-hydrogen) atoms. The minimum atomic E-state index is 0.241. The molecule has 0 amide bonds. The summed E-state index contributed by atoms with van der Waals surface area (Å²) in [4.78, 5) is 19.6. The number of benzene rings is 1. The molecule has 274 valence electrons. The van der Waals surface area contributed by atoms with E-state index in [0.29, 0.717) is 18.0 Å². The summed E-state index contributed by atoms with van der Waals surface area (Å²) in [6.07, 6.45) is 18.0. The number of hydrogen-bond donors (Lipinski definition) is 0. The van der Waals surface area contributed by atoms with E-state index in [1.54, 1.807) is 5.54 Å². The lowest BCUT2D eigenvalue weighted by atomic mass is 9.85. The van der Waals surface area contributed by atoms with Gasteiger partial charge in [0.05, 0.1) is 0 Å². The number of carbonyl (C=O) groups excluding carboxylic acids is 1. The zero-order chi connectivity index (χ0) is 36.3. The predicted molar refractivity (Wildman–Crippen MR) is 218 cm³/mol. The van der Waals surface area contributed by atoms with Gasteiger partial charge in [0, 0.05) is 54.6 Å². The SMILES string of the molecule is C=C(/C=C\CC)CN(CCN(CCCC1CCCN(CC)C1)C(C)/C=C/Cl)c1cc(C=O)ccc1C(=C)C(CCC)CCC.CC.CC. The van der Waals surface area contributed by atoms with Crippen molar-refractivity contribution in [1.82, 2.24) is 9.80 Å². The third-order valence-corrected chi connectivity index (χ3v) is 9.43. The first-order valence-electron chi connectivity index (χ1n) is 19.4. The normalized spacial score (nSPS) is 15.6. The van der Waals surface area contributed by atoms with Gasteiger partial charge >= 0.3 is 0 Å². The van der Waals surface area contributed by atoms with Crippen LogP contribution in [-0.4, -0.2) is 67.9 Å². The molecule has 1 fully saturated rings. The summed E-state index contributed by atoms with van der Waals surface area (Å²) >= 11 is 6.09. The summed E-state index contributed by atoms with van der Waals surface area (Å²) in [6.45, 7) is 35.3. The molecule has 0 radical (unpaired) electrons.